The molecule has 1 aliphatic rings. The van der Waals surface area contributed by atoms with E-state index in [4.69, 9.17) is 26.8 Å². The first-order chi connectivity index (χ1) is 11.0. The third-order valence-electron chi connectivity index (χ3n) is 3.13. The van der Waals surface area contributed by atoms with E-state index in [9.17, 15) is 14.7 Å². The van der Waals surface area contributed by atoms with Gasteiger partial charge in [-0.05, 0) is 17.7 Å². The third-order valence-corrected chi connectivity index (χ3v) is 3.41. The Morgan fingerprint density at radius 2 is 2.00 bits per heavy atom. The number of rotatable bonds is 6. The summed E-state index contributed by atoms with van der Waals surface area (Å²) in [5.41, 5.74) is 5.60. The number of carbonyl (C=O) groups excluding carboxylic acids is 2. The van der Waals surface area contributed by atoms with Crippen molar-refractivity contribution in [3.8, 4) is 11.5 Å². The molecule has 23 heavy (non-hydrogen) atoms. The van der Waals surface area contributed by atoms with Crippen molar-refractivity contribution in [2.75, 3.05) is 32.8 Å². The highest BCUT2D eigenvalue weighted by atomic mass is 35.5. The molecular weight excluding hydrogens is 326 g/mol. The maximum atomic E-state index is 11.6. The Balaban J connectivity index is 1.90. The summed E-state index contributed by atoms with van der Waals surface area (Å²) in [7, 11) is 0. The van der Waals surface area contributed by atoms with Crippen LogP contribution in [-0.2, 0) is 9.59 Å². The molecule has 9 heteroatoms. The van der Waals surface area contributed by atoms with Gasteiger partial charge in [0.25, 0.3) is 0 Å². The normalized spacial score (nSPS) is 14.0. The average Bonchev–Trinajstić information content (AvgIpc) is 2.57. The fraction of sp³-hybridized carbons (Fsp3) is 0.429. The molecule has 0 fully saturated rings. The summed E-state index contributed by atoms with van der Waals surface area (Å²) in [4.78, 5) is 22.5. The molecule has 1 aliphatic heterocycles. The first-order valence-electron chi connectivity index (χ1n) is 7.02. The highest BCUT2D eigenvalue weighted by Crippen LogP contribution is 2.39. The van der Waals surface area contributed by atoms with E-state index in [-0.39, 0.29) is 19.6 Å². The molecule has 1 aromatic carbocycles. The SMILES string of the molecule is NCC(=O)NCC(=O)NCC(O)c1cc(Cl)c2c(c1)OCCO2. The van der Waals surface area contributed by atoms with E-state index in [1.54, 1.807) is 12.1 Å². The number of halogens is 1. The van der Waals surface area contributed by atoms with Gasteiger partial charge in [-0.3, -0.25) is 9.59 Å². The lowest BCUT2D eigenvalue weighted by molar-refractivity contribution is -0.125. The number of carbonyl (C=O) groups is 2. The predicted octanol–water partition coefficient (Wildman–Crippen LogP) is -0.664. The van der Waals surface area contributed by atoms with Crippen LogP contribution in [0.15, 0.2) is 12.1 Å². The van der Waals surface area contributed by atoms with Gasteiger partial charge < -0.3 is 30.9 Å². The van der Waals surface area contributed by atoms with Crippen LogP contribution in [0.2, 0.25) is 5.02 Å². The van der Waals surface area contributed by atoms with Gasteiger partial charge in [-0.2, -0.15) is 0 Å². The number of aliphatic hydroxyl groups is 1. The van der Waals surface area contributed by atoms with E-state index < -0.39 is 17.9 Å². The average molecular weight is 344 g/mol. The van der Waals surface area contributed by atoms with Crippen LogP contribution in [0.3, 0.4) is 0 Å². The number of benzene rings is 1. The molecule has 0 bridgehead atoms. The smallest absolute Gasteiger partial charge is 0.239 e. The molecule has 0 radical (unpaired) electrons. The maximum Gasteiger partial charge on any atom is 0.239 e. The minimum Gasteiger partial charge on any atom is -0.486 e. The zero-order valence-corrected chi connectivity index (χ0v) is 13.1. The first kappa shape index (κ1) is 17.3. The summed E-state index contributed by atoms with van der Waals surface area (Å²) in [6.45, 7) is 0.392. The van der Waals surface area contributed by atoms with Gasteiger partial charge in [0.15, 0.2) is 11.5 Å². The number of ether oxygens (including phenoxy) is 2. The van der Waals surface area contributed by atoms with Gasteiger partial charge in [0, 0.05) is 6.54 Å². The van der Waals surface area contributed by atoms with Crippen molar-refractivity contribution in [1.82, 2.24) is 10.6 Å². The van der Waals surface area contributed by atoms with Crippen LogP contribution in [0.5, 0.6) is 11.5 Å². The molecule has 5 N–H and O–H groups in total. The highest BCUT2D eigenvalue weighted by molar-refractivity contribution is 6.32. The standard InChI is InChI=1S/C14H18ClN3O5/c15-9-3-8(4-11-14(9)23-2-1-22-11)10(19)6-17-13(21)7-18-12(20)5-16/h3-4,10,19H,1-2,5-7,16H2,(H,17,21)(H,18,20). The monoisotopic (exact) mass is 343 g/mol. The van der Waals surface area contributed by atoms with Crippen LogP contribution in [0, 0.1) is 0 Å². The lowest BCUT2D eigenvalue weighted by Gasteiger charge is -2.21. The Morgan fingerprint density at radius 1 is 1.26 bits per heavy atom. The second-order valence-corrected chi connectivity index (χ2v) is 5.23. The van der Waals surface area contributed by atoms with Crippen LogP contribution in [0.25, 0.3) is 0 Å². The summed E-state index contributed by atoms with van der Waals surface area (Å²) in [5, 5.41) is 15.3. The molecule has 1 heterocycles. The van der Waals surface area contributed by atoms with Crippen molar-refractivity contribution in [3.05, 3.63) is 22.7 Å². The fourth-order valence-corrected chi connectivity index (χ4v) is 2.24. The number of nitrogens with one attached hydrogen (secondary N) is 2. The zero-order valence-electron chi connectivity index (χ0n) is 12.3. The second-order valence-electron chi connectivity index (χ2n) is 4.83. The Morgan fingerprint density at radius 3 is 2.74 bits per heavy atom. The van der Waals surface area contributed by atoms with Gasteiger partial charge in [0.2, 0.25) is 11.8 Å². The highest BCUT2D eigenvalue weighted by Gasteiger charge is 2.19. The number of hydrogen-bond acceptors (Lipinski definition) is 6. The van der Waals surface area contributed by atoms with E-state index in [0.717, 1.165) is 0 Å². The topological polar surface area (TPSA) is 123 Å². The van der Waals surface area contributed by atoms with E-state index in [2.05, 4.69) is 10.6 Å². The van der Waals surface area contributed by atoms with Crippen LogP contribution < -0.4 is 25.8 Å². The van der Waals surface area contributed by atoms with Crippen molar-refractivity contribution in [2.45, 2.75) is 6.10 Å². The Labute approximate surface area is 137 Å². The molecule has 0 aromatic heterocycles. The number of hydrogen-bond donors (Lipinski definition) is 4. The minimum absolute atomic E-state index is 0.0344. The lowest BCUT2D eigenvalue weighted by Crippen LogP contribution is -2.40. The van der Waals surface area contributed by atoms with Crippen molar-refractivity contribution in [2.24, 2.45) is 5.73 Å². The third kappa shape index (κ3) is 4.72. The molecular formula is C14H18ClN3O5. The summed E-state index contributed by atoms with van der Waals surface area (Å²) < 4.78 is 10.8. The summed E-state index contributed by atoms with van der Waals surface area (Å²) in [5.74, 6) is 0.0375. The summed E-state index contributed by atoms with van der Waals surface area (Å²) in [6.07, 6.45) is -0.975. The van der Waals surface area contributed by atoms with Gasteiger partial charge in [0.1, 0.15) is 13.2 Å². The Hall–Kier alpha value is -2.03. The van der Waals surface area contributed by atoms with E-state index in [1.165, 1.54) is 0 Å². The molecule has 2 amide bonds. The Bertz CT molecular complexity index is 596. The molecule has 1 atom stereocenters. The van der Waals surface area contributed by atoms with Crippen molar-refractivity contribution < 1.29 is 24.2 Å². The quantitative estimate of drug-likeness (QED) is 0.543. The fourth-order valence-electron chi connectivity index (χ4n) is 1.97. The van der Waals surface area contributed by atoms with Crippen molar-refractivity contribution >= 4 is 23.4 Å². The number of aliphatic hydroxyl groups excluding tert-OH is 1. The second kappa shape index (κ2) is 8.00. The van der Waals surface area contributed by atoms with Crippen LogP contribution in [-0.4, -0.2) is 49.8 Å². The molecule has 2 rings (SSSR count). The van der Waals surface area contributed by atoms with Gasteiger partial charge >= 0.3 is 0 Å². The van der Waals surface area contributed by atoms with E-state index in [0.29, 0.717) is 35.3 Å². The largest absolute Gasteiger partial charge is 0.486 e. The number of amides is 2. The maximum absolute atomic E-state index is 11.6. The predicted molar refractivity (Wildman–Crippen MR) is 82.5 cm³/mol. The molecule has 0 saturated carbocycles. The minimum atomic E-state index is -0.975. The number of fused-ring (bicyclic) bond motifs is 1. The molecule has 1 unspecified atom stereocenters. The lowest BCUT2D eigenvalue weighted by atomic mass is 10.1. The van der Waals surface area contributed by atoms with Crippen LogP contribution in [0.4, 0.5) is 0 Å². The molecule has 1 aromatic rings. The summed E-state index contributed by atoms with van der Waals surface area (Å²) >= 11 is 6.09. The molecule has 126 valence electrons. The van der Waals surface area contributed by atoms with E-state index in [1.807, 2.05) is 0 Å². The molecule has 0 aliphatic carbocycles. The summed E-state index contributed by atoms with van der Waals surface area (Å²) in [6, 6.07) is 3.18. The van der Waals surface area contributed by atoms with Crippen LogP contribution >= 0.6 is 11.6 Å². The van der Waals surface area contributed by atoms with Gasteiger partial charge in [-0.15, -0.1) is 0 Å². The van der Waals surface area contributed by atoms with Crippen molar-refractivity contribution in [1.29, 1.82) is 0 Å². The molecule has 0 spiro atoms. The molecule has 0 saturated heterocycles. The van der Waals surface area contributed by atoms with E-state index >= 15 is 0 Å². The molecule has 8 nitrogen and oxygen atoms in total. The first-order valence-corrected chi connectivity index (χ1v) is 7.39. The zero-order chi connectivity index (χ0) is 16.8. The number of nitrogens with two attached hydrogens (primary N) is 1. The Kier molecular flexibility index (Phi) is 6.03. The van der Waals surface area contributed by atoms with Crippen LogP contribution in [0.1, 0.15) is 11.7 Å². The van der Waals surface area contributed by atoms with Crippen molar-refractivity contribution in [3.63, 3.8) is 0 Å². The van der Waals surface area contributed by atoms with Gasteiger partial charge in [-0.1, -0.05) is 11.6 Å². The van der Waals surface area contributed by atoms with Gasteiger partial charge in [0.05, 0.1) is 24.2 Å². The van der Waals surface area contributed by atoms with Gasteiger partial charge in [-0.25, -0.2) is 0 Å².